The summed E-state index contributed by atoms with van der Waals surface area (Å²) in [7, 11) is 5.11. The summed E-state index contributed by atoms with van der Waals surface area (Å²) >= 11 is 0. The van der Waals surface area contributed by atoms with Gasteiger partial charge in [0.2, 0.25) is 0 Å². The summed E-state index contributed by atoms with van der Waals surface area (Å²) in [6.45, 7) is 1.28. The molecule has 1 saturated heterocycles. The molecule has 162 valence electrons. The van der Waals surface area contributed by atoms with E-state index in [1.807, 2.05) is 18.2 Å². The molecule has 1 amide bonds. The molecule has 1 atom stereocenters. The first-order valence-electron chi connectivity index (χ1n) is 9.72. The van der Waals surface area contributed by atoms with Crippen LogP contribution in [-0.4, -0.2) is 81.7 Å². The highest BCUT2D eigenvalue weighted by Gasteiger charge is 2.34. The summed E-state index contributed by atoms with van der Waals surface area (Å²) < 4.78 is 37.5. The lowest BCUT2D eigenvalue weighted by Crippen LogP contribution is -2.41. The minimum Gasteiger partial charge on any atom is -0.356 e. The van der Waals surface area contributed by atoms with Gasteiger partial charge >= 0.3 is 6.18 Å². The summed E-state index contributed by atoms with van der Waals surface area (Å²) in [5.41, 5.74) is 1.69. The monoisotopic (exact) mass is 413 g/mol. The Hall–Kier alpha value is -2.29. The predicted molar refractivity (Wildman–Crippen MR) is 108 cm³/mol. The van der Waals surface area contributed by atoms with Crippen molar-refractivity contribution in [3.8, 4) is 0 Å². The van der Waals surface area contributed by atoms with Crippen molar-refractivity contribution in [3.05, 3.63) is 35.4 Å². The summed E-state index contributed by atoms with van der Waals surface area (Å²) in [6, 6.07) is 7.52. The van der Waals surface area contributed by atoms with Crippen molar-refractivity contribution in [2.75, 3.05) is 53.9 Å². The number of aliphatic imine (C=N–C) groups is 1. The summed E-state index contributed by atoms with van der Waals surface area (Å²) in [4.78, 5) is 19.2. The van der Waals surface area contributed by atoms with Crippen molar-refractivity contribution in [1.29, 1.82) is 0 Å². The fourth-order valence-corrected chi connectivity index (χ4v) is 3.38. The van der Waals surface area contributed by atoms with E-state index >= 15 is 0 Å². The van der Waals surface area contributed by atoms with Gasteiger partial charge in [-0.25, -0.2) is 0 Å². The molecule has 2 rings (SSSR count). The van der Waals surface area contributed by atoms with Gasteiger partial charge in [-0.3, -0.25) is 14.7 Å². The predicted octanol–water partition coefficient (Wildman–Crippen LogP) is 1.98. The Bertz CT molecular complexity index is 706. The fourth-order valence-electron chi connectivity index (χ4n) is 3.38. The van der Waals surface area contributed by atoms with E-state index in [9.17, 15) is 18.0 Å². The van der Waals surface area contributed by atoms with Crippen molar-refractivity contribution >= 4 is 11.9 Å². The normalized spacial score (nSPS) is 18.0. The second-order valence-corrected chi connectivity index (χ2v) is 7.53. The van der Waals surface area contributed by atoms with Gasteiger partial charge in [0.05, 0.1) is 6.54 Å². The molecule has 0 aliphatic carbocycles. The third-order valence-corrected chi connectivity index (χ3v) is 4.84. The van der Waals surface area contributed by atoms with Crippen LogP contribution in [0.2, 0.25) is 0 Å². The number of carbonyl (C=O) groups excluding carboxylic acids is 1. The van der Waals surface area contributed by atoms with E-state index in [0.717, 1.165) is 18.4 Å². The number of rotatable bonds is 7. The molecule has 1 aromatic rings. The molecular weight excluding hydrogens is 383 g/mol. The largest absolute Gasteiger partial charge is 0.401 e. The zero-order valence-electron chi connectivity index (χ0n) is 17.2. The number of alkyl halides is 3. The number of benzene rings is 1. The van der Waals surface area contributed by atoms with E-state index in [2.05, 4.69) is 15.6 Å². The van der Waals surface area contributed by atoms with Gasteiger partial charge < -0.3 is 15.5 Å². The lowest BCUT2D eigenvalue weighted by atomic mass is 10.1. The minimum atomic E-state index is -4.14. The Labute approximate surface area is 170 Å². The quantitative estimate of drug-likeness (QED) is 0.530. The van der Waals surface area contributed by atoms with Gasteiger partial charge in [0.25, 0.3) is 5.91 Å². The maximum absolute atomic E-state index is 12.5. The number of halogens is 3. The zero-order valence-corrected chi connectivity index (χ0v) is 17.2. The molecule has 9 heteroatoms. The Balaban J connectivity index is 1.73. The van der Waals surface area contributed by atoms with Gasteiger partial charge in [0, 0.05) is 46.3 Å². The van der Waals surface area contributed by atoms with E-state index in [1.54, 1.807) is 32.1 Å². The lowest BCUT2D eigenvalue weighted by molar-refractivity contribution is -0.143. The van der Waals surface area contributed by atoms with Crippen LogP contribution >= 0.6 is 0 Å². The first-order valence-corrected chi connectivity index (χ1v) is 9.72. The average Bonchev–Trinajstić information content (AvgIpc) is 3.09. The standard InChI is InChI=1S/C20H30F3N5O/c1-24-19(26-12-16-8-10-28(13-16)14-20(21,22)23)25-9-7-15-5-4-6-17(11-15)18(29)27(2)3/h4-6,11,16H,7-10,12-14H2,1-3H3,(H2,24,25,26). The van der Waals surface area contributed by atoms with Crippen LogP contribution in [0.5, 0.6) is 0 Å². The van der Waals surface area contributed by atoms with E-state index in [1.165, 1.54) is 4.90 Å². The lowest BCUT2D eigenvalue weighted by Gasteiger charge is -2.18. The van der Waals surface area contributed by atoms with Gasteiger partial charge in [0.1, 0.15) is 0 Å². The third kappa shape index (κ3) is 7.92. The van der Waals surface area contributed by atoms with E-state index < -0.39 is 12.7 Å². The molecule has 2 N–H and O–H groups in total. The SMILES string of the molecule is CN=C(NCCc1cccc(C(=O)N(C)C)c1)NCC1CCN(CC(F)(F)F)C1. The number of guanidine groups is 1. The van der Waals surface area contributed by atoms with Crippen LogP contribution in [0.15, 0.2) is 29.3 Å². The van der Waals surface area contributed by atoms with Crippen molar-refractivity contribution in [3.63, 3.8) is 0 Å². The van der Waals surface area contributed by atoms with E-state index in [4.69, 9.17) is 0 Å². The molecular formula is C20H30F3N5O. The van der Waals surface area contributed by atoms with Crippen LogP contribution in [0.1, 0.15) is 22.3 Å². The van der Waals surface area contributed by atoms with Crippen LogP contribution in [0, 0.1) is 5.92 Å². The highest BCUT2D eigenvalue weighted by atomic mass is 19.4. The van der Waals surface area contributed by atoms with Crippen LogP contribution in [0.3, 0.4) is 0 Å². The Morgan fingerprint density at radius 3 is 2.72 bits per heavy atom. The number of nitrogens with one attached hydrogen (secondary N) is 2. The van der Waals surface area contributed by atoms with Crippen molar-refractivity contribution in [2.45, 2.75) is 19.0 Å². The Kier molecular flexibility index (Phi) is 8.31. The van der Waals surface area contributed by atoms with Gasteiger partial charge in [-0.15, -0.1) is 0 Å². The van der Waals surface area contributed by atoms with Crippen molar-refractivity contribution in [1.82, 2.24) is 20.4 Å². The van der Waals surface area contributed by atoms with Crippen LogP contribution < -0.4 is 10.6 Å². The molecule has 1 aromatic carbocycles. The molecule has 6 nitrogen and oxygen atoms in total. The summed E-state index contributed by atoms with van der Waals surface area (Å²) in [5, 5.41) is 6.41. The number of likely N-dealkylation sites (tertiary alicyclic amines) is 1. The molecule has 1 heterocycles. The third-order valence-electron chi connectivity index (χ3n) is 4.84. The molecule has 0 aromatic heterocycles. The molecule has 0 saturated carbocycles. The van der Waals surface area contributed by atoms with Crippen LogP contribution in [0.4, 0.5) is 13.2 Å². The molecule has 0 spiro atoms. The smallest absolute Gasteiger partial charge is 0.356 e. The summed E-state index contributed by atoms with van der Waals surface area (Å²) in [6.07, 6.45) is -2.68. The number of nitrogens with zero attached hydrogens (tertiary/aromatic N) is 3. The second kappa shape index (κ2) is 10.5. The number of amides is 1. The van der Waals surface area contributed by atoms with Gasteiger partial charge in [0.15, 0.2) is 5.96 Å². The zero-order chi connectivity index (χ0) is 21.4. The maximum atomic E-state index is 12.5. The minimum absolute atomic E-state index is 0.0339. The molecule has 1 unspecified atom stereocenters. The van der Waals surface area contributed by atoms with Gasteiger partial charge in [-0.05, 0) is 43.0 Å². The highest BCUT2D eigenvalue weighted by Crippen LogP contribution is 2.22. The average molecular weight is 413 g/mol. The number of hydrogen-bond acceptors (Lipinski definition) is 3. The Morgan fingerprint density at radius 2 is 2.07 bits per heavy atom. The maximum Gasteiger partial charge on any atom is 0.401 e. The first kappa shape index (κ1) is 23.0. The van der Waals surface area contributed by atoms with E-state index in [-0.39, 0.29) is 11.8 Å². The number of hydrogen-bond donors (Lipinski definition) is 2. The van der Waals surface area contributed by atoms with Crippen molar-refractivity contribution in [2.24, 2.45) is 10.9 Å². The number of carbonyl (C=O) groups is 1. The first-order chi connectivity index (χ1) is 13.7. The molecule has 1 fully saturated rings. The van der Waals surface area contributed by atoms with Gasteiger partial charge in [-0.2, -0.15) is 13.2 Å². The van der Waals surface area contributed by atoms with Gasteiger partial charge in [-0.1, -0.05) is 12.1 Å². The fraction of sp³-hybridized carbons (Fsp3) is 0.600. The van der Waals surface area contributed by atoms with E-state index in [0.29, 0.717) is 37.7 Å². The highest BCUT2D eigenvalue weighted by molar-refractivity contribution is 5.94. The molecule has 29 heavy (non-hydrogen) atoms. The molecule has 1 aliphatic heterocycles. The summed E-state index contributed by atoms with van der Waals surface area (Å²) in [5.74, 6) is 0.762. The van der Waals surface area contributed by atoms with Crippen LogP contribution in [0.25, 0.3) is 0 Å². The molecule has 0 radical (unpaired) electrons. The second-order valence-electron chi connectivity index (χ2n) is 7.53. The van der Waals surface area contributed by atoms with Crippen LogP contribution in [-0.2, 0) is 6.42 Å². The van der Waals surface area contributed by atoms with Crippen molar-refractivity contribution < 1.29 is 18.0 Å². The topological polar surface area (TPSA) is 60.0 Å². The molecule has 1 aliphatic rings. The molecule has 0 bridgehead atoms. The Morgan fingerprint density at radius 1 is 1.31 bits per heavy atom.